The van der Waals surface area contributed by atoms with Crippen molar-refractivity contribution in [2.75, 3.05) is 20.6 Å². The van der Waals surface area contributed by atoms with Gasteiger partial charge < -0.3 is 10.2 Å². The fraction of sp³-hybridized carbons (Fsp3) is 0.333. The quantitative estimate of drug-likeness (QED) is 0.881. The van der Waals surface area contributed by atoms with Gasteiger partial charge in [-0.05, 0) is 33.2 Å². The molecule has 4 nitrogen and oxygen atoms in total. The summed E-state index contributed by atoms with van der Waals surface area (Å²) in [5.74, 6) is -0.125. The molecule has 5 heteroatoms. The predicted molar refractivity (Wildman–Crippen MR) is 82.2 cm³/mol. The van der Waals surface area contributed by atoms with E-state index >= 15 is 0 Å². The highest BCUT2D eigenvalue weighted by atomic mass is 35.5. The number of halogens is 1. The molecule has 0 spiro atoms. The van der Waals surface area contributed by atoms with Gasteiger partial charge in [0.1, 0.15) is 5.15 Å². The summed E-state index contributed by atoms with van der Waals surface area (Å²) in [5, 5.41) is 4.12. The number of hydrogen-bond acceptors (Lipinski definition) is 3. The summed E-state index contributed by atoms with van der Waals surface area (Å²) in [6, 6.07) is 9.16. The van der Waals surface area contributed by atoms with Gasteiger partial charge in [-0.15, -0.1) is 0 Å². The van der Waals surface area contributed by atoms with Crippen LogP contribution in [0.3, 0.4) is 0 Å². The van der Waals surface area contributed by atoms with Crippen LogP contribution in [0.4, 0.5) is 0 Å². The van der Waals surface area contributed by atoms with Gasteiger partial charge >= 0.3 is 0 Å². The Morgan fingerprint density at radius 3 is 2.80 bits per heavy atom. The number of nitrogens with one attached hydrogen (secondary N) is 1. The SMILES string of the molecule is CC(CN(C)C)NC(=O)c1cc(Cl)nc2ccccc12. The second-order valence-electron chi connectivity index (χ2n) is 5.15. The Morgan fingerprint density at radius 2 is 2.10 bits per heavy atom. The fourth-order valence-corrected chi connectivity index (χ4v) is 2.43. The van der Waals surface area contributed by atoms with E-state index < -0.39 is 0 Å². The third kappa shape index (κ3) is 3.46. The van der Waals surface area contributed by atoms with Crippen LogP contribution in [0.1, 0.15) is 17.3 Å². The highest BCUT2D eigenvalue weighted by Crippen LogP contribution is 2.20. The molecule has 0 aliphatic rings. The molecule has 0 aliphatic heterocycles. The molecule has 2 aromatic rings. The number of hydrogen-bond donors (Lipinski definition) is 1. The zero-order chi connectivity index (χ0) is 14.7. The molecule has 1 aromatic carbocycles. The van der Waals surface area contributed by atoms with E-state index in [1.807, 2.05) is 50.2 Å². The Labute approximate surface area is 123 Å². The largest absolute Gasteiger partial charge is 0.348 e. The van der Waals surface area contributed by atoms with Crippen LogP contribution < -0.4 is 5.32 Å². The van der Waals surface area contributed by atoms with E-state index in [1.165, 1.54) is 0 Å². The molecule has 2 rings (SSSR count). The molecule has 1 unspecified atom stereocenters. The lowest BCUT2D eigenvalue weighted by Crippen LogP contribution is -2.39. The zero-order valence-corrected chi connectivity index (χ0v) is 12.6. The van der Waals surface area contributed by atoms with Gasteiger partial charge in [-0.1, -0.05) is 29.8 Å². The van der Waals surface area contributed by atoms with Gasteiger partial charge in [0, 0.05) is 18.0 Å². The van der Waals surface area contributed by atoms with Crippen molar-refractivity contribution in [2.45, 2.75) is 13.0 Å². The molecule has 0 saturated heterocycles. The van der Waals surface area contributed by atoms with E-state index in [-0.39, 0.29) is 11.9 Å². The highest BCUT2D eigenvalue weighted by molar-refractivity contribution is 6.30. The number of benzene rings is 1. The van der Waals surface area contributed by atoms with Crippen LogP contribution in [0.15, 0.2) is 30.3 Å². The standard InChI is InChI=1S/C15H18ClN3O/c1-10(9-19(2)3)17-15(20)12-8-14(16)18-13-7-5-4-6-11(12)13/h4-8,10H,9H2,1-3H3,(H,17,20). The minimum Gasteiger partial charge on any atom is -0.348 e. The van der Waals surface area contributed by atoms with Gasteiger partial charge in [0.25, 0.3) is 5.91 Å². The minimum atomic E-state index is -0.125. The maximum absolute atomic E-state index is 12.4. The molecule has 0 bridgehead atoms. The Kier molecular flexibility index (Phi) is 4.57. The van der Waals surface area contributed by atoms with Crippen LogP contribution in [0.5, 0.6) is 0 Å². The molecule has 1 atom stereocenters. The number of carbonyl (C=O) groups is 1. The van der Waals surface area contributed by atoms with Gasteiger partial charge in [-0.25, -0.2) is 4.98 Å². The van der Waals surface area contributed by atoms with Crippen LogP contribution in [0.25, 0.3) is 10.9 Å². The van der Waals surface area contributed by atoms with E-state index in [4.69, 9.17) is 11.6 Å². The molecule has 0 saturated carbocycles. The first-order chi connectivity index (χ1) is 9.47. The average Bonchev–Trinajstić information content (AvgIpc) is 2.36. The van der Waals surface area contributed by atoms with Gasteiger partial charge in [0.15, 0.2) is 0 Å². The monoisotopic (exact) mass is 291 g/mol. The number of nitrogens with zero attached hydrogens (tertiary/aromatic N) is 2. The van der Waals surface area contributed by atoms with Crippen LogP contribution in [0.2, 0.25) is 5.15 Å². The number of aromatic nitrogens is 1. The Bertz CT molecular complexity index is 628. The summed E-state index contributed by atoms with van der Waals surface area (Å²) >= 11 is 5.99. The molecule has 106 valence electrons. The third-order valence-electron chi connectivity index (χ3n) is 2.95. The molecule has 0 aliphatic carbocycles. The number of amides is 1. The van der Waals surface area contributed by atoms with E-state index in [0.29, 0.717) is 10.7 Å². The number of fused-ring (bicyclic) bond motifs is 1. The van der Waals surface area contributed by atoms with Crippen LogP contribution in [-0.4, -0.2) is 42.5 Å². The molecule has 0 radical (unpaired) electrons. The summed E-state index contributed by atoms with van der Waals surface area (Å²) < 4.78 is 0. The summed E-state index contributed by atoms with van der Waals surface area (Å²) in [7, 11) is 3.95. The molecular weight excluding hydrogens is 274 g/mol. The van der Waals surface area contributed by atoms with Crippen molar-refractivity contribution >= 4 is 28.4 Å². The molecule has 1 amide bonds. The lowest BCUT2D eigenvalue weighted by Gasteiger charge is -2.18. The fourth-order valence-electron chi connectivity index (χ4n) is 2.23. The molecule has 1 heterocycles. The van der Waals surface area contributed by atoms with Crippen molar-refractivity contribution in [3.05, 3.63) is 41.0 Å². The topological polar surface area (TPSA) is 45.2 Å². The summed E-state index contributed by atoms with van der Waals surface area (Å²) in [4.78, 5) is 18.6. The minimum absolute atomic E-state index is 0.0585. The van der Waals surface area contributed by atoms with Crippen molar-refractivity contribution in [1.29, 1.82) is 0 Å². The molecule has 0 fully saturated rings. The van der Waals surface area contributed by atoms with Crippen LogP contribution >= 0.6 is 11.6 Å². The molecule has 1 aromatic heterocycles. The first-order valence-corrected chi connectivity index (χ1v) is 6.86. The normalized spacial score (nSPS) is 12.7. The second kappa shape index (κ2) is 6.20. The van der Waals surface area contributed by atoms with Crippen molar-refractivity contribution in [2.24, 2.45) is 0 Å². The first-order valence-electron chi connectivity index (χ1n) is 6.48. The Balaban J connectivity index is 2.30. The lowest BCUT2D eigenvalue weighted by atomic mass is 10.1. The Morgan fingerprint density at radius 1 is 1.40 bits per heavy atom. The summed E-state index contributed by atoms with van der Waals surface area (Å²) in [6.07, 6.45) is 0. The van der Waals surface area contributed by atoms with E-state index in [2.05, 4.69) is 10.3 Å². The maximum Gasteiger partial charge on any atom is 0.252 e. The molecule has 1 N–H and O–H groups in total. The smallest absolute Gasteiger partial charge is 0.252 e. The van der Waals surface area contributed by atoms with Crippen molar-refractivity contribution in [1.82, 2.24) is 15.2 Å². The number of para-hydroxylation sites is 1. The zero-order valence-electron chi connectivity index (χ0n) is 11.9. The van der Waals surface area contributed by atoms with Crippen LogP contribution in [-0.2, 0) is 0 Å². The van der Waals surface area contributed by atoms with Crippen molar-refractivity contribution < 1.29 is 4.79 Å². The lowest BCUT2D eigenvalue weighted by molar-refractivity contribution is 0.0936. The van der Waals surface area contributed by atoms with Gasteiger partial charge in [-0.2, -0.15) is 0 Å². The average molecular weight is 292 g/mol. The maximum atomic E-state index is 12.4. The van der Waals surface area contributed by atoms with E-state index in [9.17, 15) is 4.79 Å². The van der Waals surface area contributed by atoms with E-state index in [0.717, 1.165) is 17.4 Å². The number of carbonyl (C=O) groups excluding carboxylic acids is 1. The first kappa shape index (κ1) is 14.8. The summed E-state index contributed by atoms with van der Waals surface area (Å²) in [6.45, 7) is 2.76. The Hall–Kier alpha value is -1.65. The van der Waals surface area contributed by atoms with Gasteiger partial charge in [0.2, 0.25) is 0 Å². The third-order valence-corrected chi connectivity index (χ3v) is 3.14. The highest BCUT2D eigenvalue weighted by Gasteiger charge is 2.14. The van der Waals surface area contributed by atoms with Crippen molar-refractivity contribution in [3.63, 3.8) is 0 Å². The molecular formula is C15H18ClN3O. The van der Waals surface area contributed by atoms with E-state index in [1.54, 1.807) is 6.07 Å². The number of pyridine rings is 1. The van der Waals surface area contributed by atoms with Crippen LogP contribution in [0, 0.1) is 0 Å². The number of likely N-dealkylation sites (N-methyl/N-ethyl adjacent to an activating group) is 1. The molecule has 20 heavy (non-hydrogen) atoms. The van der Waals surface area contributed by atoms with Crippen molar-refractivity contribution in [3.8, 4) is 0 Å². The predicted octanol–water partition coefficient (Wildman–Crippen LogP) is 2.57. The van der Waals surface area contributed by atoms with Gasteiger partial charge in [-0.3, -0.25) is 4.79 Å². The summed E-state index contributed by atoms with van der Waals surface area (Å²) in [5.41, 5.74) is 1.29. The van der Waals surface area contributed by atoms with Gasteiger partial charge in [0.05, 0.1) is 11.1 Å². The number of rotatable bonds is 4. The second-order valence-corrected chi connectivity index (χ2v) is 5.53.